The van der Waals surface area contributed by atoms with E-state index in [4.69, 9.17) is 16.3 Å². The molecule has 0 bridgehead atoms. The highest BCUT2D eigenvalue weighted by Crippen LogP contribution is 2.27. The fraction of sp³-hybridized carbons (Fsp3) is 0.278. The van der Waals surface area contributed by atoms with Gasteiger partial charge in [-0.1, -0.05) is 11.6 Å². The number of nitrogens with zero attached hydrogens (tertiary/aromatic N) is 1. The maximum Gasteiger partial charge on any atom is 0.226 e. The fourth-order valence-corrected chi connectivity index (χ4v) is 2.37. The van der Waals surface area contributed by atoms with Gasteiger partial charge in [-0.2, -0.15) is 0 Å². The molecular weight excluding hydrogens is 326 g/mol. The minimum absolute atomic E-state index is 0.0545. The molecule has 0 aliphatic heterocycles. The first-order valence-electron chi connectivity index (χ1n) is 7.64. The van der Waals surface area contributed by atoms with Gasteiger partial charge >= 0.3 is 0 Å². The molecule has 0 saturated heterocycles. The molecule has 0 unspecified atom stereocenters. The van der Waals surface area contributed by atoms with Crippen molar-refractivity contribution in [2.75, 3.05) is 43.3 Å². The molecule has 0 spiro atoms. The van der Waals surface area contributed by atoms with Gasteiger partial charge in [-0.15, -0.1) is 0 Å². The molecule has 2 N–H and O–H groups in total. The molecule has 0 saturated carbocycles. The molecule has 5 nitrogen and oxygen atoms in total. The topological polar surface area (TPSA) is 53.6 Å². The molecular formula is C18H22ClN3O2. The first kappa shape index (κ1) is 17.9. The summed E-state index contributed by atoms with van der Waals surface area (Å²) in [5.41, 5.74) is 2.64. The summed E-state index contributed by atoms with van der Waals surface area (Å²) in [6, 6.07) is 13.0. The zero-order chi connectivity index (χ0) is 17.5. The van der Waals surface area contributed by atoms with Gasteiger partial charge < -0.3 is 20.3 Å². The summed E-state index contributed by atoms with van der Waals surface area (Å²) in [5, 5.41) is 6.66. The van der Waals surface area contributed by atoms with Gasteiger partial charge in [0, 0.05) is 43.5 Å². The molecule has 2 aromatic rings. The van der Waals surface area contributed by atoms with Crippen LogP contribution in [0.4, 0.5) is 17.1 Å². The van der Waals surface area contributed by atoms with Gasteiger partial charge in [0.2, 0.25) is 5.91 Å². The highest BCUT2D eigenvalue weighted by atomic mass is 35.5. The van der Waals surface area contributed by atoms with Crippen LogP contribution in [0.3, 0.4) is 0 Å². The maximum atomic E-state index is 12.0. The van der Waals surface area contributed by atoms with Crippen molar-refractivity contribution in [3.63, 3.8) is 0 Å². The zero-order valence-electron chi connectivity index (χ0n) is 14.1. The number of benzene rings is 2. The second kappa shape index (κ2) is 8.45. The smallest absolute Gasteiger partial charge is 0.226 e. The number of carbonyl (C=O) groups excluding carboxylic acids is 1. The third-order valence-electron chi connectivity index (χ3n) is 3.50. The minimum Gasteiger partial charge on any atom is -0.495 e. The number of anilines is 3. The monoisotopic (exact) mass is 347 g/mol. The van der Waals surface area contributed by atoms with Gasteiger partial charge in [-0.25, -0.2) is 0 Å². The highest BCUT2D eigenvalue weighted by Gasteiger charge is 2.06. The Morgan fingerprint density at radius 3 is 2.50 bits per heavy atom. The van der Waals surface area contributed by atoms with E-state index >= 15 is 0 Å². The fourth-order valence-electron chi connectivity index (χ4n) is 2.20. The van der Waals surface area contributed by atoms with Crippen LogP contribution in [-0.2, 0) is 4.79 Å². The van der Waals surface area contributed by atoms with E-state index in [9.17, 15) is 4.79 Å². The van der Waals surface area contributed by atoms with Crippen LogP contribution in [0.1, 0.15) is 6.42 Å². The number of nitrogens with one attached hydrogen (secondary N) is 2. The van der Waals surface area contributed by atoms with Crippen LogP contribution in [0.2, 0.25) is 5.02 Å². The molecule has 0 heterocycles. The molecule has 128 valence electrons. The number of amides is 1. The van der Waals surface area contributed by atoms with E-state index in [2.05, 4.69) is 10.6 Å². The van der Waals surface area contributed by atoms with Crippen LogP contribution in [0.15, 0.2) is 42.5 Å². The molecule has 0 atom stereocenters. The lowest BCUT2D eigenvalue weighted by Crippen LogP contribution is -2.16. The van der Waals surface area contributed by atoms with Crippen LogP contribution < -0.4 is 20.3 Å². The lowest BCUT2D eigenvalue weighted by atomic mass is 10.2. The standard InChI is InChI=1S/C18H22ClN3O2/c1-22(2)15-7-5-14(6-8-15)21-18(23)10-11-20-16-12-13(19)4-9-17(16)24-3/h4-9,12,20H,10-11H2,1-3H3,(H,21,23). The average molecular weight is 348 g/mol. The second-order valence-corrected chi connectivity index (χ2v) is 5.95. The lowest BCUT2D eigenvalue weighted by Gasteiger charge is -2.13. The van der Waals surface area contributed by atoms with Gasteiger partial charge in [0.15, 0.2) is 0 Å². The van der Waals surface area contributed by atoms with Crippen molar-refractivity contribution in [3.05, 3.63) is 47.5 Å². The second-order valence-electron chi connectivity index (χ2n) is 5.51. The summed E-state index contributed by atoms with van der Waals surface area (Å²) in [6.45, 7) is 0.484. The van der Waals surface area contributed by atoms with E-state index in [1.165, 1.54) is 0 Å². The molecule has 24 heavy (non-hydrogen) atoms. The van der Waals surface area contributed by atoms with Crippen LogP contribution in [0, 0.1) is 0 Å². The first-order valence-corrected chi connectivity index (χ1v) is 8.02. The molecule has 2 rings (SSSR count). The Bertz CT molecular complexity index is 687. The number of methoxy groups -OCH3 is 1. The first-order chi connectivity index (χ1) is 11.5. The summed E-state index contributed by atoms with van der Waals surface area (Å²) < 4.78 is 5.26. The largest absolute Gasteiger partial charge is 0.495 e. The van der Waals surface area contributed by atoms with Gasteiger partial charge in [0.25, 0.3) is 0 Å². The van der Waals surface area contributed by atoms with E-state index in [-0.39, 0.29) is 5.91 Å². The summed E-state index contributed by atoms with van der Waals surface area (Å²) >= 11 is 5.98. The van der Waals surface area contributed by atoms with E-state index in [1.54, 1.807) is 25.3 Å². The molecule has 0 fully saturated rings. The molecule has 0 aliphatic carbocycles. The van der Waals surface area contributed by atoms with Gasteiger partial charge in [0.05, 0.1) is 12.8 Å². The maximum absolute atomic E-state index is 12.0. The molecule has 1 amide bonds. The normalized spacial score (nSPS) is 10.2. The average Bonchev–Trinajstić information content (AvgIpc) is 2.55. The lowest BCUT2D eigenvalue weighted by molar-refractivity contribution is -0.115. The number of carbonyl (C=O) groups is 1. The van der Waals surface area contributed by atoms with Crippen LogP contribution in [-0.4, -0.2) is 33.7 Å². The van der Waals surface area contributed by atoms with E-state index < -0.39 is 0 Å². The Morgan fingerprint density at radius 1 is 1.17 bits per heavy atom. The third kappa shape index (κ3) is 5.06. The Labute approximate surface area is 147 Å². The quantitative estimate of drug-likeness (QED) is 0.798. The predicted molar refractivity (Wildman–Crippen MR) is 101 cm³/mol. The number of ether oxygens (including phenoxy) is 1. The van der Waals surface area contributed by atoms with Crippen molar-refractivity contribution in [1.82, 2.24) is 0 Å². The minimum atomic E-state index is -0.0545. The van der Waals surface area contributed by atoms with Crippen molar-refractivity contribution in [2.24, 2.45) is 0 Å². The number of hydrogen-bond acceptors (Lipinski definition) is 4. The summed E-state index contributed by atoms with van der Waals surface area (Å²) in [4.78, 5) is 14.0. The molecule has 2 aromatic carbocycles. The Kier molecular flexibility index (Phi) is 6.32. The summed E-state index contributed by atoms with van der Waals surface area (Å²) in [6.07, 6.45) is 0.338. The predicted octanol–water partition coefficient (Wildman–Crippen LogP) is 3.86. The third-order valence-corrected chi connectivity index (χ3v) is 3.73. The number of rotatable bonds is 7. The summed E-state index contributed by atoms with van der Waals surface area (Å²) in [5.74, 6) is 0.639. The van der Waals surface area contributed by atoms with Crippen molar-refractivity contribution in [3.8, 4) is 5.75 Å². The van der Waals surface area contributed by atoms with E-state index in [0.717, 1.165) is 17.1 Å². The molecule has 0 aliphatic rings. The van der Waals surface area contributed by atoms with Crippen LogP contribution >= 0.6 is 11.6 Å². The Balaban J connectivity index is 1.84. The van der Waals surface area contributed by atoms with Crippen molar-refractivity contribution >= 4 is 34.6 Å². The Hall–Kier alpha value is -2.40. The van der Waals surface area contributed by atoms with E-state index in [0.29, 0.717) is 23.7 Å². The van der Waals surface area contributed by atoms with Crippen LogP contribution in [0.5, 0.6) is 5.75 Å². The van der Waals surface area contributed by atoms with Crippen molar-refractivity contribution in [2.45, 2.75) is 6.42 Å². The van der Waals surface area contributed by atoms with Gasteiger partial charge in [-0.05, 0) is 42.5 Å². The number of hydrogen-bond donors (Lipinski definition) is 2. The van der Waals surface area contributed by atoms with Crippen LogP contribution in [0.25, 0.3) is 0 Å². The van der Waals surface area contributed by atoms with Crippen molar-refractivity contribution < 1.29 is 9.53 Å². The molecule has 0 aromatic heterocycles. The van der Waals surface area contributed by atoms with Gasteiger partial charge in [0.1, 0.15) is 5.75 Å². The Morgan fingerprint density at radius 2 is 1.88 bits per heavy atom. The summed E-state index contributed by atoms with van der Waals surface area (Å²) in [7, 11) is 5.55. The SMILES string of the molecule is COc1ccc(Cl)cc1NCCC(=O)Nc1ccc(N(C)C)cc1. The number of halogens is 1. The zero-order valence-corrected chi connectivity index (χ0v) is 14.9. The highest BCUT2D eigenvalue weighted by molar-refractivity contribution is 6.30. The van der Waals surface area contributed by atoms with Gasteiger partial charge in [-0.3, -0.25) is 4.79 Å². The van der Waals surface area contributed by atoms with Crippen molar-refractivity contribution in [1.29, 1.82) is 0 Å². The molecule has 0 radical (unpaired) electrons. The molecule has 6 heteroatoms. The van der Waals surface area contributed by atoms with E-state index in [1.807, 2.05) is 43.3 Å².